The molecular formula is C14H15ClN2. The molecule has 0 fully saturated rings. The molecule has 88 valence electrons. The molecule has 0 radical (unpaired) electrons. The lowest BCUT2D eigenvalue weighted by atomic mass is 10.0. The molecule has 1 aromatic heterocycles. The third-order valence-corrected chi connectivity index (χ3v) is 2.77. The minimum Gasteiger partial charge on any atom is -0.251 e. The summed E-state index contributed by atoms with van der Waals surface area (Å²) in [7, 11) is 0. The number of aromatic nitrogens is 2. The van der Waals surface area contributed by atoms with Gasteiger partial charge in [0.2, 0.25) is 0 Å². The minimum absolute atomic E-state index is 0.453. The van der Waals surface area contributed by atoms with Crippen LogP contribution in [0.5, 0.6) is 0 Å². The predicted molar refractivity (Wildman–Crippen MR) is 71.0 cm³/mol. The first-order valence-electron chi connectivity index (χ1n) is 5.72. The first-order chi connectivity index (χ1) is 8.16. The molecule has 0 aliphatic carbocycles. The molecule has 0 aliphatic heterocycles. The SMILES string of the molecule is CC(C)Cc1cccc(-c2nccnc2Cl)c1. The molecule has 2 rings (SSSR count). The minimum atomic E-state index is 0.453. The number of rotatable bonds is 3. The van der Waals surface area contributed by atoms with Crippen molar-refractivity contribution < 1.29 is 0 Å². The molecule has 2 nitrogen and oxygen atoms in total. The maximum Gasteiger partial charge on any atom is 0.155 e. The first-order valence-corrected chi connectivity index (χ1v) is 6.10. The third-order valence-electron chi connectivity index (χ3n) is 2.50. The highest BCUT2D eigenvalue weighted by Gasteiger charge is 2.06. The Labute approximate surface area is 107 Å². The van der Waals surface area contributed by atoms with Crippen LogP contribution >= 0.6 is 11.6 Å². The van der Waals surface area contributed by atoms with Gasteiger partial charge in [0.25, 0.3) is 0 Å². The summed E-state index contributed by atoms with van der Waals surface area (Å²) in [6, 6.07) is 8.32. The Hall–Kier alpha value is -1.41. The standard InChI is InChI=1S/C14H15ClN2/c1-10(2)8-11-4-3-5-12(9-11)13-14(15)17-7-6-16-13/h3-7,9-10H,8H2,1-2H3. The van der Waals surface area contributed by atoms with E-state index in [-0.39, 0.29) is 0 Å². The molecular weight excluding hydrogens is 232 g/mol. The van der Waals surface area contributed by atoms with Crippen molar-refractivity contribution in [3.63, 3.8) is 0 Å². The molecule has 0 unspecified atom stereocenters. The Kier molecular flexibility index (Phi) is 3.75. The molecule has 0 spiro atoms. The van der Waals surface area contributed by atoms with Gasteiger partial charge in [-0.2, -0.15) is 0 Å². The Morgan fingerprint density at radius 2 is 1.94 bits per heavy atom. The van der Waals surface area contributed by atoms with Crippen LogP contribution in [0.25, 0.3) is 11.3 Å². The van der Waals surface area contributed by atoms with E-state index in [4.69, 9.17) is 11.6 Å². The molecule has 0 atom stereocenters. The summed E-state index contributed by atoms with van der Waals surface area (Å²) in [4.78, 5) is 8.32. The zero-order valence-electron chi connectivity index (χ0n) is 10.0. The van der Waals surface area contributed by atoms with E-state index in [1.54, 1.807) is 12.4 Å². The van der Waals surface area contributed by atoms with E-state index in [1.807, 2.05) is 12.1 Å². The van der Waals surface area contributed by atoms with Gasteiger partial charge in [-0.3, -0.25) is 4.98 Å². The summed E-state index contributed by atoms with van der Waals surface area (Å²) in [6.45, 7) is 4.42. The monoisotopic (exact) mass is 246 g/mol. The van der Waals surface area contributed by atoms with Crippen LogP contribution in [-0.2, 0) is 6.42 Å². The third kappa shape index (κ3) is 3.04. The topological polar surface area (TPSA) is 25.8 Å². The highest BCUT2D eigenvalue weighted by atomic mass is 35.5. The van der Waals surface area contributed by atoms with Crippen molar-refractivity contribution in [1.82, 2.24) is 9.97 Å². The molecule has 0 amide bonds. The molecule has 0 N–H and O–H groups in total. The second-order valence-electron chi connectivity index (χ2n) is 4.49. The zero-order chi connectivity index (χ0) is 12.3. The molecule has 0 saturated heterocycles. The van der Waals surface area contributed by atoms with E-state index in [9.17, 15) is 0 Å². The summed E-state index contributed by atoms with van der Waals surface area (Å²) in [6.07, 6.45) is 4.33. The highest BCUT2D eigenvalue weighted by molar-refractivity contribution is 6.31. The van der Waals surface area contributed by atoms with Crippen molar-refractivity contribution in [3.05, 3.63) is 47.4 Å². The van der Waals surface area contributed by atoms with Crippen LogP contribution in [0.15, 0.2) is 36.7 Å². The predicted octanol–water partition coefficient (Wildman–Crippen LogP) is 4.00. The van der Waals surface area contributed by atoms with Crippen molar-refractivity contribution >= 4 is 11.6 Å². The van der Waals surface area contributed by atoms with E-state index in [0.29, 0.717) is 11.1 Å². The van der Waals surface area contributed by atoms with E-state index >= 15 is 0 Å². The van der Waals surface area contributed by atoms with Gasteiger partial charge in [-0.05, 0) is 24.0 Å². The second kappa shape index (κ2) is 5.28. The van der Waals surface area contributed by atoms with E-state index in [1.165, 1.54) is 5.56 Å². The quantitative estimate of drug-likeness (QED) is 0.818. The molecule has 0 saturated carbocycles. The number of halogens is 1. The average molecular weight is 247 g/mol. The summed E-state index contributed by atoms with van der Waals surface area (Å²) >= 11 is 6.04. The lowest BCUT2D eigenvalue weighted by Gasteiger charge is -2.07. The zero-order valence-corrected chi connectivity index (χ0v) is 10.8. The Morgan fingerprint density at radius 1 is 1.18 bits per heavy atom. The van der Waals surface area contributed by atoms with Crippen molar-refractivity contribution in [3.8, 4) is 11.3 Å². The van der Waals surface area contributed by atoms with E-state index < -0.39 is 0 Å². The van der Waals surface area contributed by atoms with Gasteiger partial charge >= 0.3 is 0 Å². The number of hydrogen-bond acceptors (Lipinski definition) is 2. The fraction of sp³-hybridized carbons (Fsp3) is 0.286. The first kappa shape index (κ1) is 12.1. The molecule has 0 bridgehead atoms. The average Bonchev–Trinajstić information content (AvgIpc) is 2.29. The van der Waals surface area contributed by atoms with Crippen LogP contribution in [0.2, 0.25) is 5.15 Å². The Morgan fingerprint density at radius 3 is 2.65 bits per heavy atom. The van der Waals surface area contributed by atoms with Crippen LogP contribution in [0.3, 0.4) is 0 Å². The summed E-state index contributed by atoms with van der Waals surface area (Å²) in [5, 5.41) is 0.453. The Bertz CT molecular complexity index is 509. The molecule has 1 aromatic carbocycles. The molecule has 0 aliphatic rings. The van der Waals surface area contributed by atoms with Gasteiger partial charge in [0.05, 0.1) is 0 Å². The number of benzene rings is 1. The van der Waals surface area contributed by atoms with Gasteiger partial charge in [-0.15, -0.1) is 0 Å². The van der Waals surface area contributed by atoms with Crippen molar-refractivity contribution in [2.45, 2.75) is 20.3 Å². The van der Waals surface area contributed by atoms with Gasteiger partial charge in [-0.25, -0.2) is 4.98 Å². The van der Waals surface area contributed by atoms with Gasteiger partial charge in [0.1, 0.15) is 5.69 Å². The summed E-state index contributed by atoms with van der Waals surface area (Å²) < 4.78 is 0. The second-order valence-corrected chi connectivity index (χ2v) is 4.85. The van der Waals surface area contributed by atoms with E-state index in [2.05, 4.69) is 35.9 Å². The van der Waals surface area contributed by atoms with Gasteiger partial charge in [0.15, 0.2) is 5.15 Å². The highest BCUT2D eigenvalue weighted by Crippen LogP contribution is 2.24. The molecule has 3 heteroatoms. The molecule has 1 heterocycles. The summed E-state index contributed by atoms with van der Waals surface area (Å²) in [5.74, 6) is 0.641. The maximum absolute atomic E-state index is 6.04. The van der Waals surface area contributed by atoms with Crippen molar-refractivity contribution in [2.75, 3.05) is 0 Å². The largest absolute Gasteiger partial charge is 0.251 e. The van der Waals surface area contributed by atoms with Crippen LogP contribution in [0.4, 0.5) is 0 Å². The normalized spacial score (nSPS) is 10.8. The lowest BCUT2D eigenvalue weighted by Crippen LogP contribution is -1.95. The molecule has 2 aromatic rings. The summed E-state index contributed by atoms with van der Waals surface area (Å²) in [5.41, 5.74) is 3.08. The van der Waals surface area contributed by atoms with Gasteiger partial charge < -0.3 is 0 Å². The van der Waals surface area contributed by atoms with Crippen LogP contribution in [-0.4, -0.2) is 9.97 Å². The number of hydrogen-bond donors (Lipinski definition) is 0. The van der Waals surface area contributed by atoms with Crippen LogP contribution in [0, 0.1) is 5.92 Å². The lowest BCUT2D eigenvalue weighted by molar-refractivity contribution is 0.647. The van der Waals surface area contributed by atoms with Crippen LogP contribution < -0.4 is 0 Å². The maximum atomic E-state index is 6.04. The fourth-order valence-corrected chi connectivity index (χ4v) is 2.05. The number of nitrogens with zero attached hydrogens (tertiary/aromatic N) is 2. The smallest absolute Gasteiger partial charge is 0.155 e. The van der Waals surface area contributed by atoms with Gasteiger partial charge in [0, 0.05) is 18.0 Å². The van der Waals surface area contributed by atoms with Gasteiger partial charge in [-0.1, -0.05) is 43.6 Å². The Balaban J connectivity index is 2.37. The van der Waals surface area contributed by atoms with E-state index in [0.717, 1.165) is 17.7 Å². The van der Waals surface area contributed by atoms with Crippen molar-refractivity contribution in [2.24, 2.45) is 5.92 Å². The van der Waals surface area contributed by atoms with Crippen molar-refractivity contribution in [1.29, 1.82) is 0 Å². The fourth-order valence-electron chi connectivity index (χ4n) is 1.83. The van der Waals surface area contributed by atoms with Crippen LogP contribution in [0.1, 0.15) is 19.4 Å². The molecule has 17 heavy (non-hydrogen) atoms.